The quantitative estimate of drug-likeness (QED) is 0.141. The van der Waals surface area contributed by atoms with Gasteiger partial charge < -0.3 is 4.89 Å². The Kier molecular flexibility index (Phi) is 25.5. The third kappa shape index (κ3) is 159000. The van der Waals surface area contributed by atoms with Crippen molar-refractivity contribution in [3.05, 3.63) is 0 Å². The van der Waals surface area contributed by atoms with Crippen molar-refractivity contribution < 1.29 is 88.6 Å². The van der Waals surface area contributed by atoms with E-state index in [0.29, 0.717) is 25.0 Å². The molecule has 0 heterocycles. The summed E-state index contributed by atoms with van der Waals surface area (Å²) in [6, 6.07) is 0. The average Bonchev–Trinajstić information content (AvgIpc) is 1.79. The zero-order valence-corrected chi connectivity index (χ0v) is 17.9. The van der Waals surface area contributed by atoms with E-state index >= 15 is 0 Å². The first-order valence-corrected chi connectivity index (χ1v) is 13.2. The molecular weight excluding hydrogens is 476 g/mol. The van der Waals surface area contributed by atoms with Crippen molar-refractivity contribution in [1.82, 2.24) is 0 Å². The molecule has 0 saturated carbocycles. The van der Waals surface area contributed by atoms with Gasteiger partial charge in [0, 0.05) is 0 Å². The second kappa shape index (κ2) is 16.3. The molecule has 26 heavy (non-hydrogen) atoms. The summed E-state index contributed by atoms with van der Waals surface area (Å²) in [5.41, 5.74) is 0. The van der Waals surface area contributed by atoms with Crippen LogP contribution < -0.4 is 23.8 Å². The SMILES string of the molecule is CS(=O)(=O)O.CS(=O)(=O)O.CS(=O)(=O)O.CS(=O)(=O)O.O=P([O-])(F)F.[Li+]. The molecular formula is C4H16F2LiO14PS4. The Morgan fingerprint density at radius 1 is 0.615 bits per heavy atom. The minimum atomic E-state index is -5.89. The largest absolute Gasteiger partial charge is 1.00 e. The predicted octanol–water partition coefficient (Wildman–Crippen LogP) is -4.59. The van der Waals surface area contributed by atoms with Crippen molar-refractivity contribution in [3.8, 4) is 0 Å². The van der Waals surface area contributed by atoms with Gasteiger partial charge in [-0.3, -0.25) is 22.8 Å². The Hall–Kier alpha value is 0.287. The molecule has 0 radical (unpaired) electrons. The zero-order chi connectivity index (χ0) is 22.5. The van der Waals surface area contributed by atoms with E-state index in [9.17, 15) is 42.1 Å². The van der Waals surface area contributed by atoms with Gasteiger partial charge in [0.1, 0.15) is 0 Å². The van der Waals surface area contributed by atoms with Crippen molar-refractivity contribution >= 4 is 48.5 Å². The van der Waals surface area contributed by atoms with E-state index in [0.717, 1.165) is 0 Å². The summed E-state index contributed by atoms with van der Waals surface area (Å²) in [6.45, 7) is 0. The van der Waals surface area contributed by atoms with E-state index < -0.39 is 48.5 Å². The fourth-order valence-electron chi connectivity index (χ4n) is 0. The zero-order valence-electron chi connectivity index (χ0n) is 13.7. The minimum Gasteiger partial charge on any atom is -0.749 e. The van der Waals surface area contributed by atoms with Gasteiger partial charge in [0.15, 0.2) is 0 Å². The average molecular weight is 492 g/mol. The molecule has 0 unspecified atom stereocenters. The van der Waals surface area contributed by atoms with Crippen molar-refractivity contribution in [2.75, 3.05) is 25.0 Å². The molecule has 0 aromatic heterocycles. The molecule has 160 valence electrons. The van der Waals surface area contributed by atoms with E-state index in [-0.39, 0.29) is 18.9 Å². The molecule has 0 aromatic carbocycles. The smallest absolute Gasteiger partial charge is 0.749 e. The molecule has 0 bridgehead atoms. The van der Waals surface area contributed by atoms with E-state index in [4.69, 9.17) is 27.7 Å². The topological polar surface area (TPSA) is 258 Å². The van der Waals surface area contributed by atoms with Crippen LogP contribution in [-0.4, -0.2) is 76.9 Å². The number of rotatable bonds is 0. The summed E-state index contributed by atoms with van der Waals surface area (Å²) in [7, 11) is -20.6. The van der Waals surface area contributed by atoms with Gasteiger partial charge in [-0.25, -0.2) is 0 Å². The third-order valence-electron chi connectivity index (χ3n) is 0. The summed E-state index contributed by atoms with van der Waals surface area (Å²) < 4.78 is 132. The first-order valence-electron chi connectivity index (χ1n) is 4.40. The van der Waals surface area contributed by atoms with Crippen LogP contribution in [0.25, 0.3) is 0 Å². The molecule has 14 nitrogen and oxygen atoms in total. The van der Waals surface area contributed by atoms with Gasteiger partial charge in [-0.1, -0.05) is 0 Å². The summed E-state index contributed by atoms with van der Waals surface area (Å²) in [4.78, 5) is 8.33. The maximum absolute atomic E-state index is 10.0. The van der Waals surface area contributed by atoms with E-state index in [1.54, 1.807) is 0 Å². The summed E-state index contributed by atoms with van der Waals surface area (Å²) >= 11 is 0. The molecule has 22 heteroatoms. The Morgan fingerprint density at radius 3 is 0.615 bits per heavy atom. The van der Waals surface area contributed by atoms with Crippen LogP contribution in [0.4, 0.5) is 8.39 Å². The van der Waals surface area contributed by atoms with Gasteiger partial charge >= 0.3 is 26.9 Å². The molecule has 0 spiro atoms. The van der Waals surface area contributed by atoms with Gasteiger partial charge in [0.05, 0.1) is 25.0 Å². The van der Waals surface area contributed by atoms with Crippen molar-refractivity contribution in [3.63, 3.8) is 0 Å². The Bertz CT molecular complexity index is 633. The maximum Gasteiger partial charge on any atom is 1.00 e. The molecule has 0 aliphatic rings. The molecule has 0 aliphatic heterocycles. The van der Waals surface area contributed by atoms with Crippen LogP contribution in [0.2, 0.25) is 0 Å². The number of hydrogen-bond donors (Lipinski definition) is 4. The first-order chi connectivity index (χ1) is 10.0. The van der Waals surface area contributed by atoms with Crippen molar-refractivity contribution in [2.45, 2.75) is 0 Å². The fraction of sp³-hybridized carbons (Fsp3) is 1.00. The summed E-state index contributed by atoms with van der Waals surface area (Å²) in [5, 5.41) is 0. The molecule has 0 aromatic rings. The second-order valence-electron chi connectivity index (χ2n) is 3.35. The molecule has 0 saturated heterocycles. The van der Waals surface area contributed by atoms with Crippen LogP contribution >= 0.6 is 7.99 Å². The Morgan fingerprint density at radius 2 is 0.615 bits per heavy atom. The third-order valence-corrected chi connectivity index (χ3v) is 0. The normalized spacial score (nSPS) is 11.2. The van der Waals surface area contributed by atoms with Crippen molar-refractivity contribution in [2.24, 2.45) is 0 Å². The molecule has 0 rings (SSSR count). The molecule has 0 fully saturated rings. The standard InChI is InChI=1S/4CH4O3S.F2HO2P.Li/c5*1-5(2,3)4;/h4*1H3,(H,2,3,4);(H,3,4);/q;;;;;+1/p-1. The van der Waals surface area contributed by atoms with Gasteiger partial charge in [-0.15, -0.1) is 0 Å². The first kappa shape index (κ1) is 40.8. The van der Waals surface area contributed by atoms with Gasteiger partial charge in [-0.2, -0.15) is 42.1 Å². The van der Waals surface area contributed by atoms with Crippen LogP contribution in [-0.2, 0) is 45.0 Å². The predicted molar refractivity (Wildman–Crippen MR) is 79.7 cm³/mol. The number of hydrogen-bond acceptors (Lipinski definition) is 10. The van der Waals surface area contributed by atoms with Crippen LogP contribution in [0.15, 0.2) is 0 Å². The van der Waals surface area contributed by atoms with E-state index in [1.165, 1.54) is 0 Å². The van der Waals surface area contributed by atoms with Gasteiger partial charge in [-0.05, 0) is 0 Å². The van der Waals surface area contributed by atoms with Crippen LogP contribution in [0, 0.1) is 0 Å². The molecule has 0 aliphatic carbocycles. The van der Waals surface area contributed by atoms with Crippen LogP contribution in [0.5, 0.6) is 0 Å². The fourth-order valence-corrected chi connectivity index (χ4v) is 0. The summed E-state index contributed by atoms with van der Waals surface area (Å²) in [5.74, 6) is 0. The van der Waals surface area contributed by atoms with Crippen molar-refractivity contribution in [1.29, 1.82) is 0 Å². The van der Waals surface area contributed by atoms with Gasteiger partial charge in [0.2, 0.25) is 0 Å². The van der Waals surface area contributed by atoms with E-state index in [1.807, 2.05) is 0 Å². The van der Waals surface area contributed by atoms with E-state index in [2.05, 4.69) is 0 Å². The molecule has 0 amide bonds. The van der Waals surface area contributed by atoms with Gasteiger partial charge in [0.25, 0.3) is 40.5 Å². The van der Waals surface area contributed by atoms with Crippen LogP contribution in [0.1, 0.15) is 0 Å². The minimum absolute atomic E-state index is 0. The monoisotopic (exact) mass is 492 g/mol. The Labute approximate surface area is 161 Å². The maximum atomic E-state index is 10.0. The summed E-state index contributed by atoms with van der Waals surface area (Å²) in [6.07, 6.45) is 2.86. The van der Waals surface area contributed by atoms with Crippen LogP contribution in [0.3, 0.4) is 0 Å². The second-order valence-corrected chi connectivity index (χ2v) is 10.0. The molecule has 4 N–H and O–H groups in total. The Balaban J connectivity index is -0.0000000476. The number of halogens is 2. The molecule has 0 atom stereocenters.